The van der Waals surface area contributed by atoms with Crippen molar-refractivity contribution in [1.29, 1.82) is 0 Å². The summed E-state index contributed by atoms with van der Waals surface area (Å²) in [6.45, 7) is 2.95. The first-order valence-electron chi connectivity index (χ1n) is 7.79. The van der Waals surface area contributed by atoms with Crippen LogP contribution in [0.4, 0.5) is 5.69 Å². The molecule has 0 radical (unpaired) electrons. The minimum Gasteiger partial charge on any atom is -0.482 e. The molecular formula is C18H18Cl2N2O2. The lowest BCUT2D eigenvalue weighted by Crippen LogP contribution is -2.50. The average molecular weight is 365 g/mol. The number of anilines is 1. The van der Waals surface area contributed by atoms with E-state index in [0.29, 0.717) is 28.9 Å². The van der Waals surface area contributed by atoms with E-state index in [9.17, 15) is 4.79 Å². The molecule has 0 aromatic heterocycles. The van der Waals surface area contributed by atoms with Crippen molar-refractivity contribution in [2.75, 3.05) is 37.7 Å². The highest BCUT2D eigenvalue weighted by Crippen LogP contribution is 2.27. The van der Waals surface area contributed by atoms with Crippen LogP contribution in [0.1, 0.15) is 0 Å². The molecule has 3 rings (SSSR count). The summed E-state index contributed by atoms with van der Waals surface area (Å²) in [6, 6.07) is 15.2. The SMILES string of the molecule is O=C(COc1cc(Cl)ccc1Cl)N1CCN(c2ccccc2)CC1. The summed E-state index contributed by atoms with van der Waals surface area (Å²) >= 11 is 12.0. The molecule has 2 aromatic rings. The quantitative estimate of drug-likeness (QED) is 0.828. The van der Waals surface area contributed by atoms with Gasteiger partial charge in [-0.3, -0.25) is 4.79 Å². The highest BCUT2D eigenvalue weighted by Gasteiger charge is 2.21. The van der Waals surface area contributed by atoms with Gasteiger partial charge in [0.15, 0.2) is 6.61 Å². The maximum atomic E-state index is 12.3. The number of amides is 1. The number of rotatable bonds is 4. The number of carbonyl (C=O) groups is 1. The van der Waals surface area contributed by atoms with Crippen molar-refractivity contribution in [3.63, 3.8) is 0 Å². The van der Waals surface area contributed by atoms with Gasteiger partial charge in [0.25, 0.3) is 5.91 Å². The zero-order valence-corrected chi connectivity index (χ0v) is 14.6. The molecular weight excluding hydrogens is 347 g/mol. The lowest BCUT2D eigenvalue weighted by atomic mass is 10.2. The standard InChI is InChI=1S/C18H18Cl2N2O2/c19-14-6-7-16(20)17(12-14)24-13-18(23)22-10-8-21(9-11-22)15-4-2-1-3-5-15/h1-7,12H,8-11,13H2. The highest BCUT2D eigenvalue weighted by molar-refractivity contribution is 6.34. The topological polar surface area (TPSA) is 32.8 Å². The van der Waals surface area contributed by atoms with E-state index < -0.39 is 0 Å². The molecule has 24 heavy (non-hydrogen) atoms. The van der Waals surface area contributed by atoms with Crippen molar-refractivity contribution in [1.82, 2.24) is 4.90 Å². The number of hydrogen-bond acceptors (Lipinski definition) is 3. The molecule has 0 unspecified atom stereocenters. The third-order valence-corrected chi connectivity index (χ3v) is 4.55. The van der Waals surface area contributed by atoms with E-state index in [1.807, 2.05) is 23.1 Å². The van der Waals surface area contributed by atoms with Crippen LogP contribution in [0, 0.1) is 0 Å². The molecule has 2 aromatic carbocycles. The lowest BCUT2D eigenvalue weighted by molar-refractivity contribution is -0.133. The molecule has 1 aliphatic rings. The Bertz CT molecular complexity index is 701. The Morgan fingerprint density at radius 2 is 1.71 bits per heavy atom. The maximum absolute atomic E-state index is 12.3. The van der Waals surface area contributed by atoms with Crippen LogP contribution in [-0.2, 0) is 4.79 Å². The summed E-state index contributed by atoms with van der Waals surface area (Å²) in [4.78, 5) is 16.4. The molecule has 0 bridgehead atoms. The van der Waals surface area contributed by atoms with Gasteiger partial charge in [0.1, 0.15) is 5.75 Å². The molecule has 126 valence electrons. The second kappa shape index (κ2) is 7.77. The predicted molar refractivity (Wildman–Crippen MR) is 97.2 cm³/mol. The van der Waals surface area contributed by atoms with Gasteiger partial charge < -0.3 is 14.5 Å². The van der Waals surface area contributed by atoms with E-state index in [0.717, 1.165) is 13.1 Å². The predicted octanol–water partition coefficient (Wildman–Crippen LogP) is 3.72. The number of nitrogens with zero attached hydrogens (tertiary/aromatic N) is 2. The average Bonchev–Trinajstić information content (AvgIpc) is 2.63. The van der Waals surface area contributed by atoms with Gasteiger partial charge >= 0.3 is 0 Å². The Labute approximate surface area is 151 Å². The zero-order chi connectivity index (χ0) is 16.9. The van der Waals surface area contributed by atoms with Crippen molar-refractivity contribution < 1.29 is 9.53 Å². The monoisotopic (exact) mass is 364 g/mol. The van der Waals surface area contributed by atoms with Gasteiger partial charge in [0.05, 0.1) is 5.02 Å². The van der Waals surface area contributed by atoms with E-state index in [-0.39, 0.29) is 12.5 Å². The zero-order valence-electron chi connectivity index (χ0n) is 13.1. The largest absolute Gasteiger partial charge is 0.482 e. The van der Waals surface area contributed by atoms with E-state index in [2.05, 4.69) is 17.0 Å². The minimum absolute atomic E-state index is 0.0363. The summed E-state index contributed by atoms with van der Waals surface area (Å²) in [7, 11) is 0. The number of ether oxygens (including phenoxy) is 1. The summed E-state index contributed by atoms with van der Waals surface area (Å²) in [5, 5.41) is 0.972. The Morgan fingerprint density at radius 3 is 2.42 bits per heavy atom. The van der Waals surface area contributed by atoms with Gasteiger partial charge in [-0.15, -0.1) is 0 Å². The van der Waals surface area contributed by atoms with Crippen molar-refractivity contribution >= 4 is 34.8 Å². The fraction of sp³-hybridized carbons (Fsp3) is 0.278. The maximum Gasteiger partial charge on any atom is 0.260 e. The number of hydrogen-bond donors (Lipinski definition) is 0. The van der Waals surface area contributed by atoms with Gasteiger partial charge in [-0.25, -0.2) is 0 Å². The molecule has 0 aliphatic carbocycles. The molecule has 1 fully saturated rings. The van der Waals surface area contributed by atoms with Gasteiger partial charge in [0, 0.05) is 43.0 Å². The van der Waals surface area contributed by atoms with E-state index in [1.165, 1.54) is 5.69 Å². The smallest absolute Gasteiger partial charge is 0.260 e. The number of carbonyl (C=O) groups excluding carboxylic acids is 1. The first kappa shape index (κ1) is 16.9. The summed E-state index contributed by atoms with van der Waals surface area (Å²) in [5.41, 5.74) is 1.19. The van der Waals surface area contributed by atoms with Crippen molar-refractivity contribution in [3.8, 4) is 5.75 Å². The molecule has 0 N–H and O–H groups in total. The molecule has 0 spiro atoms. The van der Waals surface area contributed by atoms with Crippen LogP contribution < -0.4 is 9.64 Å². The van der Waals surface area contributed by atoms with Crippen LogP contribution >= 0.6 is 23.2 Å². The van der Waals surface area contributed by atoms with Crippen molar-refractivity contribution in [2.24, 2.45) is 0 Å². The fourth-order valence-electron chi connectivity index (χ4n) is 2.67. The van der Waals surface area contributed by atoms with Crippen LogP contribution in [0.15, 0.2) is 48.5 Å². The first-order valence-corrected chi connectivity index (χ1v) is 8.55. The van der Waals surface area contributed by atoms with Gasteiger partial charge in [0.2, 0.25) is 0 Å². The number of halogens is 2. The Morgan fingerprint density at radius 1 is 1.00 bits per heavy atom. The van der Waals surface area contributed by atoms with Crippen LogP contribution in [-0.4, -0.2) is 43.6 Å². The normalized spacial score (nSPS) is 14.6. The first-order chi connectivity index (χ1) is 11.6. The second-order valence-corrected chi connectivity index (χ2v) is 6.41. The van der Waals surface area contributed by atoms with E-state index in [4.69, 9.17) is 27.9 Å². The third-order valence-electron chi connectivity index (χ3n) is 4.00. The number of benzene rings is 2. The van der Waals surface area contributed by atoms with E-state index >= 15 is 0 Å². The molecule has 0 atom stereocenters. The highest BCUT2D eigenvalue weighted by atomic mass is 35.5. The summed E-state index contributed by atoms with van der Waals surface area (Å²) in [6.07, 6.45) is 0. The lowest BCUT2D eigenvalue weighted by Gasteiger charge is -2.36. The van der Waals surface area contributed by atoms with Crippen molar-refractivity contribution in [3.05, 3.63) is 58.6 Å². The molecule has 1 heterocycles. The van der Waals surface area contributed by atoms with Gasteiger partial charge in [-0.05, 0) is 24.3 Å². The van der Waals surface area contributed by atoms with Gasteiger partial charge in [-0.2, -0.15) is 0 Å². The summed E-state index contributed by atoms with van der Waals surface area (Å²) < 4.78 is 5.52. The summed E-state index contributed by atoms with van der Waals surface area (Å²) in [5.74, 6) is 0.388. The molecule has 6 heteroatoms. The Balaban J connectivity index is 1.51. The minimum atomic E-state index is -0.0428. The van der Waals surface area contributed by atoms with Crippen LogP contribution in [0.5, 0.6) is 5.75 Å². The Hall–Kier alpha value is -1.91. The fourth-order valence-corrected chi connectivity index (χ4v) is 3.01. The molecule has 1 saturated heterocycles. The molecule has 4 nitrogen and oxygen atoms in total. The molecule has 0 saturated carbocycles. The van der Waals surface area contributed by atoms with Gasteiger partial charge in [-0.1, -0.05) is 41.4 Å². The second-order valence-electron chi connectivity index (χ2n) is 5.57. The van der Waals surface area contributed by atoms with Crippen molar-refractivity contribution in [2.45, 2.75) is 0 Å². The van der Waals surface area contributed by atoms with E-state index in [1.54, 1.807) is 18.2 Å². The van der Waals surface area contributed by atoms with Crippen LogP contribution in [0.25, 0.3) is 0 Å². The number of para-hydroxylation sites is 1. The van der Waals surface area contributed by atoms with Crippen LogP contribution in [0.2, 0.25) is 10.0 Å². The molecule has 1 amide bonds. The number of piperazine rings is 1. The Kier molecular flexibility index (Phi) is 5.48. The molecule has 1 aliphatic heterocycles. The third kappa shape index (κ3) is 4.13. The van der Waals surface area contributed by atoms with Crippen LogP contribution in [0.3, 0.4) is 0 Å².